The van der Waals surface area contributed by atoms with E-state index < -0.39 is 12.1 Å². The minimum absolute atomic E-state index is 0.0794. The van der Waals surface area contributed by atoms with Crippen LogP contribution in [-0.4, -0.2) is 29.1 Å². The summed E-state index contributed by atoms with van der Waals surface area (Å²) in [6.45, 7) is 3.69. The molecule has 1 rings (SSSR count). The van der Waals surface area contributed by atoms with Crippen LogP contribution in [0.25, 0.3) is 0 Å². The van der Waals surface area contributed by atoms with E-state index in [0.29, 0.717) is 18.6 Å². The van der Waals surface area contributed by atoms with Gasteiger partial charge in [0.15, 0.2) is 6.10 Å². The van der Waals surface area contributed by atoms with Gasteiger partial charge >= 0.3 is 5.97 Å². The number of nitrogens with one attached hydrogen (secondary N) is 1. The summed E-state index contributed by atoms with van der Waals surface area (Å²) in [5.41, 5.74) is 0. The molecule has 1 amide bonds. The Morgan fingerprint density at radius 2 is 1.85 bits per heavy atom. The summed E-state index contributed by atoms with van der Waals surface area (Å²) in [7, 11) is 0. The second kappa shape index (κ2) is 8.19. The van der Waals surface area contributed by atoms with Gasteiger partial charge in [-0.15, -0.1) is 0 Å². The molecule has 5 nitrogen and oxygen atoms in total. The van der Waals surface area contributed by atoms with Gasteiger partial charge in [-0.1, -0.05) is 32.0 Å². The molecule has 0 heterocycles. The average Bonchev–Trinajstić information content (AvgIpc) is 2.44. The van der Waals surface area contributed by atoms with Crippen LogP contribution < -0.4 is 10.1 Å². The highest BCUT2D eigenvalue weighted by Gasteiger charge is 2.22. The molecule has 2 atom stereocenters. The Balaban J connectivity index is 2.60. The third kappa shape index (κ3) is 5.30. The van der Waals surface area contributed by atoms with Crippen LogP contribution >= 0.6 is 0 Å². The van der Waals surface area contributed by atoms with Gasteiger partial charge in [0.25, 0.3) is 5.91 Å². The Labute approximate surface area is 118 Å². The van der Waals surface area contributed by atoms with E-state index in [1.807, 2.05) is 32.0 Å². The average molecular weight is 279 g/mol. The lowest BCUT2D eigenvalue weighted by molar-refractivity contribution is -0.138. The highest BCUT2D eigenvalue weighted by Crippen LogP contribution is 2.13. The van der Waals surface area contributed by atoms with Crippen molar-refractivity contribution in [1.82, 2.24) is 5.32 Å². The summed E-state index contributed by atoms with van der Waals surface area (Å²) in [6, 6.07) is 8.73. The molecule has 0 aromatic heterocycles. The molecule has 5 heteroatoms. The van der Waals surface area contributed by atoms with Gasteiger partial charge in [-0.05, 0) is 25.0 Å². The van der Waals surface area contributed by atoms with Gasteiger partial charge in [0, 0.05) is 6.04 Å². The van der Waals surface area contributed by atoms with Crippen LogP contribution in [0, 0.1) is 0 Å². The second-order valence-corrected chi connectivity index (χ2v) is 4.54. The zero-order valence-corrected chi connectivity index (χ0v) is 11.8. The lowest BCUT2D eigenvalue weighted by atomic mass is 10.1. The van der Waals surface area contributed by atoms with E-state index in [-0.39, 0.29) is 18.4 Å². The first kappa shape index (κ1) is 16.0. The van der Waals surface area contributed by atoms with Gasteiger partial charge in [0.05, 0.1) is 6.42 Å². The molecular weight excluding hydrogens is 258 g/mol. The molecule has 0 aliphatic rings. The molecular formula is C15H21NO4. The maximum atomic E-state index is 12.1. The minimum Gasteiger partial charge on any atom is -0.481 e. The second-order valence-electron chi connectivity index (χ2n) is 4.54. The summed E-state index contributed by atoms with van der Waals surface area (Å²) in [4.78, 5) is 22.8. The van der Waals surface area contributed by atoms with Crippen LogP contribution in [0.3, 0.4) is 0 Å². The molecule has 1 aromatic rings. The quantitative estimate of drug-likeness (QED) is 0.765. The Morgan fingerprint density at radius 1 is 1.20 bits per heavy atom. The van der Waals surface area contributed by atoms with Crippen molar-refractivity contribution in [2.45, 2.75) is 45.3 Å². The lowest BCUT2D eigenvalue weighted by Crippen LogP contribution is -2.44. The predicted molar refractivity (Wildman–Crippen MR) is 75.6 cm³/mol. The van der Waals surface area contributed by atoms with Crippen LogP contribution in [0.4, 0.5) is 0 Å². The van der Waals surface area contributed by atoms with E-state index in [4.69, 9.17) is 9.84 Å². The number of aliphatic carboxylic acids is 1. The number of hydrogen-bond acceptors (Lipinski definition) is 3. The summed E-state index contributed by atoms with van der Waals surface area (Å²) in [5.74, 6) is -0.570. The van der Waals surface area contributed by atoms with Gasteiger partial charge in [0.1, 0.15) is 5.75 Å². The fourth-order valence-electron chi connectivity index (χ4n) is 1.79. The van der Waals surface area contributed by atoms with E-state index in [1.54, 1.807) is 12.1 Å². The van der Waals surface area contributed by atoms with Crippen molar-refractivity contribution in [1.29, 1.82) is 0 Å². The maximum absolute atomic E-state index is 12.1. The first-order chi connectivity index (χ1) is 9.56. The Hall–Kier alpha value is -2.04. The molecule has 1 aromatic carbocycles. The van der Waals surface area contributed by atoms with Crippen molar-refractivity contribution in [2.24, 2.45) is 0 Å². The van der Waals surface area contributed by atoms with E-state index in [0.717, 1.165) is 0 Å². The highest BCUT2D eigenvalue weighted by atomic mass is 16.5. The van der Waals surface area contributed by atoms with E-state index in [9.17, 15) is 9.59 Å². The third-order valence-electron chi connectivity index (χ3n) is 2.94. The first-order valence-electron chi connectivity index (χ1n) is 6.80. The lowest BCUT2D eigenvalue weighted by Gasteiger charge is -2.21. The van der Waals surface area contributed by atoms with E-state index in [1.165, 1.54) is 0 Å². The fourth-order valence-corrected chi connectivity index (χ4v) is 1.79. The summed E-state index contributed by atoms with van der Waals surface area (Å²) in [6.07, 6.45) is 0.397. The Morgan fingerprint density at radius 3 is 2.35 bits per heavy atom. The van der Waals surface area contributed by atoms with Gasteiger partial charge in [-0.3, -0.25) is 9.59 Å². The van der Waals surface area contributed by atoms with Gasteiger partial charge in [0.2, 0.25) is 0 Å². The molecule has 0 aliphatic heterocycles. The van der Waals surface area contributed by atoms with Crippen LogP contribution in [0.2, 0.25) is 0 Å². The third-order valence-corrected chi connectivity index (χ3v) is 2.94. The number of carboxylic acid groups (broad SMARTS) is 1. The topological polar surface area (TPSA) is 75.6 Å². The zero-order valence-electron chi connectivity index (χ0n) is 11.8. The smallest absolute Gasteiger partial charge is 0.305 e. The monoisotopic (exact) mass is 279 g/mol. The molecule has 20 heavy (non-hydrogen) atoms. The van der Waals surface area contributed by atoms with Crippen molar-refractivity contribution in [2.75, 3.05) is 0 Å². The van der Waals surface area contributed by atoms with Crippen LogP contribution in [0.15, 0.2) is 30.3 Å². The molecule has 110 valence electrons. The molecule has 0 fully saturated rings. The Bertz CT molecular complexity index is 433. The van der Waals surface area contributed by atoms with Crippen molar-refractivity contribution in [3.05, 3.63) is 30.3 Å². The van der Waals surface area contributed by atoms with Crippen molar-refractivity contribution >= 4 is 11.9 Å². The maximum Gasteiger partial charge on any atom is 0.305 e. The first-order valence-corrected chi connectivity index (χ1v) is 6.80. The molecule has 0 spiro atoms. The van der Waals surface area contributed by atoms with E-state index in [2.05, 4.69) is 5.32 Å². The zero-order chi connectivity index (χ0) is 15.0. The van der Waals surface area contributed by atoms with Gasteiger partial charge in [-0.25, -0.2) is 0 Å². The minimum atomic E-state index is -0.922. The normalized spacial score (nSPS) is 13.3. The number of carbonyl (C=O) groups excluding carboxylic acids is 1. The molecule has 0 aliphatic carbocycles. The van der Waals surface area contributed by atoms with Crippen molar-refractivity contribution < 1.29 is 19.4 Å². The number of carboxylic acids is 1. The van der Waals surface area contributed by atoms with E-state index >= 15 is 0 Å². The van der Waals surface area contributed by atoms with Crippen molar-refractivity contribution in [3.8, 4) is 5.75 Å². The molecule has 0 saturated carbocycles. The molecule has 2 unspecified atom stereocenters. The number of ether oxygens (including phenoxy) is 1. The fraction of sp³-hybridized carbons (Fsp3) is 0.467. The number of amides is 1. The number of rotatable bonds is 8. The summed E-state index contributed by atoms with van der Waals surface area (Å²) < 4.78 is 5.62. The number of para-hydroxylation sites is 1. The van der Waals surface area contributed by atoms with Gasteiger partial charge < -0.3 is 15.2 Å². The van der Waals surface area contributed by atoms with Crippen LogP contribution in [-0.2, 0) is 9.59 Å². The molecule has 0 radical (unpaired) electrons. The molecule has 0 bridgehead atoms. The number of benzene rings is 1. The predicted octanol–water partition coefficient (Wildman–Crippen LogP) is 2.21. The SMILES string of the molecule is CCC(CC(=O)O)NC(=O)C(CC)Oc1ccccc1. The Kier molecular flexibility index (Phi) is 6.56. The number of carbonyl (C=O) groups is 2. The van der Waals surface area contributed by atoms with Gasteiger partial charge in [-0.2, -0.15) is 0 Å². The van der Waals surface area contributed by atoms with Crippen LogP contribution in [0.1, 0.15) is 33.1 Å². The summed E-state index contributed by atoms with van der Waals surface area (Å²) in [5, 5.41) is 11.5. The summed E-state index contributed by atoms with van der Waals surface area (Å²) >= 11 is 0. The highest BCUT2D eigenvalue weighted by molar-refractivity contribution is 5.82. The van der Waals surface area contributed by atoms with Crippen LogP contribution in [0.5, 0.6) is 5.75 Å². The molecule has 0 saturated heterocycles. The standard InChI is InChI=1S/C15H21NO4/c1-3-11(10-14(17)18)16-15(19)13(4-2)20-12-8-6-5-7-9-12/h5-9,11,13H,3-4,10H2,1-2H3,(H,16,19)(H,17,18). The molecule has 2 N–H and O–H groups in total. The van der Waals surface area contributed by atoms with Crippen molar-refractivity contribution in [3.63, 3.8) is 0 Å². The number of hydrogen-bond donors (Lipinski definition) is 2. The largest absolute Gasteiger partial charge is 0.481 e.